The van der Waals surface area contributed by atoms with E-state index < -0.39 is 0 Å². The monoisotopic (exact) mass is 203 g/mol. The topological polar surface area (TPSA) is 21.3 Å². The first-order valence-corrected chi connectivity index (χ1v) is 6.28. The van der Waals surface area contributed by atoms with Gasteiger partial charge < -0.3 is 10.1 Å². The summed E-state index contributed by atoms with van der Waals surface area (Å²) in [4.78, 5) is 0. The maximum absolute atomic E-state index is 5.44. The average molecular weight is 203 g/mol. The van der Waals surface area contributed by atoms with Crippen molar-refractivity contribution in [2.75, 3.05) is 25.4 Å². The van der Waals surface area contributed by atoms with E-state index >= 15 is 0 Å². The molecular weight excluding hydrogens is 182 g/mol. The predicted octanol–water partition coefficient (Wildman–Crippen LogP) is 1.90. The van der Waals surface area contributed by atoms with Crippen LogP contribution in [0.15, 0.2) is 0 Å². The molecule has 0 aromatic rings. The van der Waals surface area contributed by atoms with Crippen LogP contribution in [0.4, 0.5) is 0 Å². The van der Waals surface area contributed by atoms with Gasteiger partial charge in [-0.25, -0.2) is 0 Å². The SMILES string of the molecule is CC(C)OCCNCC1CCCS1. The summed E-state index contributed by atoms with van der Waals surface area (Å²) < 4.78 is 5.44. The summed E-state index contributed by atoms with van der Waals surface area (Å²) >= 11 is 2.10. The van der Waals surface area contributed by atoms with Gasteiger partial charge in [0.15, 0.2) is 0 Å². The molecule has 13 heavy (non-hydrogen) atoms. The summed E-state index contributed by atoms with van der Waals surface area (Å²) in [6.07, 6.45) is 3.16. The van der Waals surface area contributed by atoms with E-state index in [4.69, 9.17) is 4.74 Å². The highest BCUT2D eigenvalue weighted by Crippen LogP contribution is 2.24. The van der Waals surface area contributed by atoms with Gasteiger partial charge in [0.25, 0.3) is 0 Å². The van der Waals surface area contributed by atoms with Crippen molar-refractivity contribution in [3.63, 3.8) is 0 Å². The van der Waals surface area contributed by atoms with Crippen LogP contribution in [-0.2, 0) is 4.74 Å². The van der Waals surface area contributed by atoms with Crippen LogP contribution in [0.3, 0.4) is 0 Å². The maximum Gasteiger partial charge on any atom is 0.0594 e. The molecule has 0 amide bonds. The third kappa shape index (κ3) is 5.55. The van der Waals surface area contributed by atoms with Crippen molar-refractivity contribution in [3.8, 4) is 0 Å². The third-order valence-electron chi connectivity index (χ3n) is 2.13. The Hall–Kier alpha value is 0.270. The fourth-order valence-corrected chi connectivity index (χ4v) is 2.67. The van der Waals surface area contributed by atoms with Crippen molar-refractivity contribution < 1.29 is 4.74 Å². The Morgan fingerprint density at radius 3 is 3.00 bits per heavy atom. The molecule has 1 heterocycles. The summed E-state index contributed by atoms with van der Waals surface area (Å²) in [6, 6.07) is 0. The Morgan fingerprint density at radius 2 is 2.38 bits per heavy atom. The molecule has 1 atom stereocenters. The Labute approximate surface area is 85.8 Å². The van der Waals surface area contributed by atoms with Crippen LogP contribution in [0.25, 0.3) is 0 Å². The van der Waals surface area contributed by atoms with Gasteiger partial charge >= 0.3 is 0 Å². The van der Waals surface area contributed by atoms with Crippen LogP contribution in [0, 0.1) is 0 Å². The lowest BCUT2D eigenvalue weighted by Gasteiger charge is -2.11. The molecule has 2 nitrogen and oxygen atoms in total. The van der Waals surface area contributed by atoms with Crippen molar-refractivity contribution in [3.05, 3.63) is 0 Å². The highest BCUT2D eigenvalue weighted by Gasteiger charge is 2.14. The standard InChI is InChI=1S/C10H21NOS/c1-9(2)12-6-5-11-8-10-4-3-7-13-10/h9-11H,3-8H2,1-2H3. The van der Waals surface area contributed by atoms with E-state index in [1.54, 1.807) is 0 Å². The van der Waals surface area contributed by atoms with Gasteiger partial charge in [-0.15, -0.1) is 0 Å². The van der Waals surface area contributed by atoms with Gasteiger partial charge in [0, 0.05) is 18.3 Å². The molecule has 0 saturated carbocycles. The Bertz CT molecular complexity index is 124. The summed E-state index contributed by atoms with van der Waals surface area (Å²) in [6.45, 7) is 7.15. The van der Waals surface area contributed by atoms with E-state index in [2.05, 4.69) is 30.9 Å². The summed E-state index contributed by atoms with van der Waals surface area (Å²) in [5.74, 6) is 1.36. The molecule has 3 heteroatoms. The Kier molecular flexibility index (Phi) is 5.83. The van der Waals surface area contributed by atoms with Crippen molar-refractivity contribution in [1.29, 1.82) is 0 Å². The van der Waals surface area contributed by atoms with E-state index in [-0.39, 0.29) is 0 Å². The molecule has 1 rings (SSSR count). The number of ether oxygens (including phenoxy) is 1. The number of rotatable bonds is 6. The fraction of sp³-hybridized carbons (Fsp3) is 1.00. The van der Waals surface area contributed by atoms with Crippen molar-refractivity contribution in [1.82, 2.24) is 5.32 Å². The molecule has 78 valence electrons. The average Bonchev–Trinajstić information content (AvgIpc) is 2.55. The first-order valence-electron chi connectivity index (χ1n) is 5.23. The molecule has 1 N–H and O–H groups in total. The number of hydrogen-bond acceptors (Lipinski definition) is 3. The van der Waals surface area contributed by atoms with Gasteiger partial charge in [0.2, 0.25) is 0 Å². The molecule has 1 unspecified atom stereocenters. The van der Waals surface area contributed by atoms with Gasteiger partial charge in [-0.05, 0) is 32.4 Å². The quantitative estimate of drug-likeness (QED) is 0.666. The van der Waals surface area contributed by atoms with Crippen LogP contribution in [0.1, 0.15) is 26.7 Å². The van der Waals surface area contributed by atoms with Crippen molar-refractivity contribution in [2.45, 2.75) is 38.0 Å². The van der Waals surface area contributed by atoms with E-state index in [0.29, 0.717) is 6.10 Å². The molecule has 1 saturated heterocycles. The zero-order valence-electron chi connectivity index (χ0n) is 8.71. The first kappa shape index (κ1) is 11.3. The molecule has 1 fully saturated rings. The third-order valence-corrected chi connectivity index (χ3v) is 3.52. The molecule has 0 aromatic heterocycles. The van der Waals surface area contributed by atoms with E-state index in [1.807, 2.05) is 0 Å². The van der Waals surface area contributed by atoms with Crippen LogP contribution in [0.2, 0.25) is 0 Å². The van der Waals surface area contributed by atoms with Crippen LogP contribution in [-0.4, -0.2) is 36.8 Å². The maximum atomic E-state index is 5.44. The van der Waals surface area contributed by atoms with Gasteiger partial charge in [0.1, 0.15) is 0 Å². The number of thioether (sulfide) groups is 1. The van der Waals surface area contributed by atoms with Gasteiger partial charge in [-0.2, -0.15) is 11.8 Å². The highest BCUT2D eigenvalue weighted by atomic mass is 32.2. The molecule has 0 radical (unpaired) electrons. The second-order valence-electron chi connectivity index (χ2n) is 3.76. The smallest absolute Gasteiger partial charge is 0.0594 e. The minimum atomic E-state index is 0.364. The van der Waals surface area contributed by atoms with Gasteiger partial charge in [0.05, 0.1) is 12.7 Å². The number of hydrogen-bond donors (Lipinski definition) is 1. The summed E-state index contributed by atoms with van der Waals surface area (Å²) in [5, 5.41) is 4.30. The fourth-order valence-electron chi connectivity index (χ4n) is 1.44. The first-order chi connectivity index (χ1) is 6.29. The van der Waals surface area contributed by atoms with Crippen molar-refractivity contribution in [2.24, 2.45) is 0 Å². The molecule has 0 spiro atoms. The summed E-state index contributed by atoms with van der Waals surface area (Å²) in [5.41, 5.74) is 0. The lowest BCUT2D eigenvalue weighted by atomic mass is 10.2. The lowest BCUT2D eigenvalue weighted by molar-refractivity contribution is 0.0809. The van der Waals surface area contributed by atoms with Gasteiger partial charge in [-0.3, -0.25) is 0 Å². The Balaban J connectivity index is 1.83. The van der Waals surface area contributed by atoms with E-state index in [0.717, 1.165) is 24.9 Å². The zero-order valence-corrected chi connectivity index (χ0v) is 9.53. The number of nitrogens with one attached hydrogen (secondary N) is 1. The molecule has 1 aliphatic heterocycles. The second kappa shape index (κ2) is 6.68. The van der Waals surface area contributed by atoms with Crippen LogP contribution >= 0.6 is 11.8 Å². The summed E-state index contributed by atoms with van der Waals surface area (Å²) in [7, 11) is 0. The normalized spacial score (nSPS) is 22.8. The Morgan fingerprint density at radius 1 is 1.54 bits per heavy atom. The molecule has 0 bridgehead atoms. The van der Waals surface area contributed by atoms with E-state index in [1.165, 1.54) is 18.6 Å². The minimum absolute atomic E-state index is 0.364. The van der Waals surface area contributed by atoms with Crippen LogP contribution in [0.5, 0.6) is 0 Å². The molecule has 1 aliphatic rings. The largest absolute Gasteiger partial charge is 0.377 e. The van der Waals surface area contributed by atoms with Gasteiger partial charge in [-0.1, -0.05) is 0 Å². The molecular formula is C10H21NOS. The molecule has 0 aromatic carbocycles. The van der Waals surface area contributed by atoms with Crippen LogP contribution < -0.4 is 5.32 Å². The lowest BCUT2D eigenvalue weighted by Crippen LogP contribution is -2.27. The van der Waals surface area contributed by atoms with E-state index in [9.17, 15) is 0 Å². The highest BCUT2D eigenvalue weighted by molar-refractivity contribution is 8.00. The zero-order chi connectivity index (χ0) is 9.52. The van der Waals surface area contributed by atoms with Crippen molar-refractivity contribution >= 4 is 11.8 Å². The molecule has 0 aliphatic carbocycles. The predicted molar refractivity (Wildman–Crippen MR) is 59.4 cm³/mol. The second-order valence-corrected chi connectivity index (χ2v) is 5.17. The minimum Gasteiger partial charge on any atom is -0.377 e.